The fraction of sp³-hybridized carbons (Fsp3) is 0.412. The summed E-state index contributed by atoms with van der Waals surface area (Å²) >= 11 is 0. The second-order valence-corrected chi connectivity index (χ2v) is 6.43. The largest absolute Gasteiger partial charge is 0.394 e. The highest BCUT2D eigenvalue weighted by atomic mass is 19.1. The lowest BCUT2D eigenvalue weighted by Gasteiger charge is -2.29. The minimum absolute atomic E-state index is 0.0659. The molecule has 0 aliphatic carbocycles. The minimum Gasteiger partial charge on any atom is -0.394 e. The molecule has 0 bridgehead atoms. The Labute approximate surface area is 154 Å². The van der Waals surface area contributed by atoms with Gasteiger partial charge in [0.2, 0.25) is 0 Å². The number of halogens is 1. The van der Waals surface area contributed by atoms with Crippen molar-refractivity contribution < 1.29 is 24.2 Å². The number of benzene rings is 1. The van der Waals surface area contributed by atoms with Crippen LogP contribution < -0.4 is 5.32 Å². The van der Waals surface area contributed by atoms with Gasteiger partial charge in [-0.05, 0) is 17.7 Å². The zero-order chi connectivity index (χ0) is 19.0. The Morgan fingerprint density at radius 1 is 1.44 bits per heavy atom. The van der Waals surface area contributed by atoms with Crippen LogP contribution in [0.5, 0.6) is 0 Å². The van der Waals surface area contributed by atoms with Crippen molar-refractivity contribution in [2.75, 3.05) is 18.6 Å². The number of aliphatic hydroxyl groups excluding tert-OH is 2. The molecule has 1 aromatic heterocycles. The van der Waals surface area contributed by atoms with E-state index in [9.17, 15) is 14.6 Å². The topological polar surface area (TPSA) is 116 Å². The first-order chi connectivity index (χ1) is 13.1. The van der Waals surface area contributed by atoms with Gasteiger partial charge in [-0.3, -0.25) is 14.8 Å². The maximum Gasteiger partial charge on any atom is 0.176 e. The molecule has 1 fully saturated rings. The van der Waals surface area contributed by atoms with Crippen LogP contribution in [0.3, 0.4) is 0 Å². The summed E-state index contributed by atoms with van der Waals surface area (Å²) in [5.41, 5.74) is 1.04. The second-order valence-electron chi connectivity index (χ2n) is 6.43. The third kappa shape index (κ3) is 3.39. The average molecular weight is 377 g/mol. The molecule has 9 nitrogen and oxygen atoms in total. The zero-order valence-corrected chi connectivity index (χ0v) is 14.4. The maximum atomic E-state index is 13.3. The fourth-order valence-corrected chi connectivity index (χ4v) is 3.21. The monoisotopic (exact) mass is 377 g/mol. The molecule has 0 spiro atoms. The van der Waals surface area contributed by atoms with E-state index in [0.29, 0.717) is 23.5 Å². The molecule has 0 amide bonds. The summed E-state index contributed by atoms with van der Waals surface area (Å²) < 4.78 is 20.6. The number of anilines is 1. The lowest BCUT2D eigenvalue weighted by atomic mass is 10.2. The van der Waals surface area contributed by atoms with Crippen molar-refractivity contribution in [3.8, 4) is 0 Å². The third-order valence-electron chi connectivity index (χ3n) is 4.63. The molecule has 0 unspecified atom stereocenters. The standard InChI is InChI=1S/C17H20FN5O4/c18-11-3-1-2-10(4-11)7-26-23-9-21-17-15(16(23)19)20-8-22(17)14-5-12(25)13(6-24)27-14/h1-4,8,12-14,19,21,24-25H,5-7,9H2/t12-,13+,14+/m0/s1. The predicted octanol–water partition coefficient (Wildman–Crippen LogP) is 0.805. The van der Waals surface area contributed by atoms with Crippen molar-refractivity contribution in [3.63, 3.8) is 0 Å². The fourth-order valence-electron chi connectivity index (χ4n) is 3.21. The van der Waals surface area contributed by atoms with Crippen molar-refractivity contribution in [1.82, 2.24) is 14.6 Å². The average Bonchev–Trinajstić information content (AvgIpc) is 3.24. The number of aliphatic hydroxyl groups is 2. The number of imidazole rings is 1. The Hall–Kier alpha value is -2.53. The number of nitrogens with zero attached hydrogens (tertiary/aromatic N) is 3. The van der Waals surface area contributed by atoms with Gasteiger partial charge in [-0.1, -0.05) is 12.1 Å². The quantitative estimate of drug-likeness (QED) is 0.609. The molecule has 144 valence electrons. The van der Waals surface area contributed by atoms with Crippen LogP contribution in [0.25, 0.3) is 0 Å². The molecule has 2 aromatic rings. The van der Waals surface area contributed by atoms with Crippen LogP contribution in [0.2, 0.25) is 0 Å². The lowest BCUT2D eigenvalue weighted by molar-refractivity contribution is -0.108. The number of hydrogen-bond donors (Lipinski definition) is 4. The molecular weight excluding hydrogens is 357 g/mol. The first-order valence-corrected chi connectivity index (χ1v) is 8.55. The first-order valence-electron chi connectivity index (χ1n) is 8.55. The maximum absolute atomic E-state index is 13.3. The van der Waals surface area contributed by atoms with Crippen LogP contribution in [-0.2, 0) is 16.2 Å². The van der Waals surface area contributed by atoms with Gasteiger partial charge >= 0.3 is 0 Å². The van der Waals surface area contributed by atoms with Crippen LogP contribution in [0.15, 0.2) is 30.6 Å². The van der Waals surface area contributed by atoms with Crippen LogP contribution in [0, 0.1) is 11.2 Å². The number of aromatic nitrogens is 2. The van der Waals surface area contributed by atoms with Crippen LogP contribution in [-0.4, -0.2) is 56.1 Å². The molecule has 2 aliphatic rings. The molecule has 1 saturated heterocycles. The molecule has 3 atom stereocenters. The number of ether oxygens (including phenoxy) is 1. The normalized spacial score (nSPS) is 24.8. The highest BCUT2D eigenvalue weighted by Gasteiger charge is 2.37. The summed E-state index contributed by atoms with van der Waals surface area (Å²) in [6.45, 7) is 0.0546. The summed E-state index contributed by atoms with van der Waals surface area (Å²) in [4.78, 5) is 9.85. The predicted molar refractivity (Wildman–Crippen MR) is 92.2 cm³/mol. The van der Waals surface area contributed by atoms with Gasteiger partial charge in [0.15, 0.2) is 5.84 Å². The molecule has 27 heavy (non-hydrogen) atoms. The molecule has 3 heterocycles. The van der Waals surface area contributed by atoms with E-state index < -0.39 is 18.4 Å². The summed E-state index contributed by atoms with van der Waals surface area (Å²) in [6.07, 6.45) is -0.0229. The summed E-state index contributed by atoms with van der Waals surface area (Å²) in [5, 5.41) is 31.9. The number of fused-ring (bicyclic) bond motifs is 1. The Morgan fingerprint density at radius 2 is 2.30 bits per heavy atom. The van der Waals surface area contributed by atoms with Crippen molar-refractivity contribution in [2.24, 2.45) is 0 Å². The lowest BCUT2D eigenvalue weighted by Crippen LogP contribution is -2.40. The summed E-state index contributed by atoms with van der Waals surface area (Å²) in [6, 6.07) is 6.07. The van der Waals surface area contributed by atoms with Gasteiger partial charge in [-0.2, -0.15) is 0 Å². The molecule has 4 N–H and O–H groups in total. The summed E-state index contributed by atoms with van der Waals surface area (Å²) in [7, 11) is 0. The van der Waals surface area contributed by atoms with Gasteiger partial charge in [-0.25, -0.2) is 14.4 Å². The van der Waals surface area contributed by atoms with E-state index in [4.69, 9.17) is 15.0 Å². The van der Waals surface area contributed by atoms with E-state index >= 15 is 0 Å². The Morgan fingerprint density at radius 3 is 3.04 bits per heavy atom. The highest BCUT2D eigenvalue weighted by molar-refractivity contribution is 5.99. The number of rotatable bonds is 5. The van der Waals surface area contributed by atoms with Gasteiger partial charge in [0, 0.05) is 6.42 Å². The minimum atomic E-state index is -0.757. The van der Waals surface area contributed by atoms with Gasteiger partial charge in [0.1, 0.15) is 42.9 Å². The molecule has 4 rings (SSSR count). The van der Waals surface area contributed by atoms with Crippen molar-refractivity contribution >= 4 is 11.7 Å². The smallest absolute Gasteiger partial charge is 0.176 e. The van der Waals surface area contributed by atoms with E-state index in [2.05, 4.69) is 10.3 Å². The van der Waals surface area contributed by atoms with Gasteiger partial charge < -0.3 is 20.3 Å². The van der Waals surface area contributed by atoms with Crippen LogP contribution >= 0.6 is 0 Å². The van der Waals surface area contributed by atoms with Crippen molar-refractivity contribution in [2.45, 2.75) is 31.5 Å². The molecule has 1 aromatic carbocycles. The highest BCUT2D eigenvalue weighted by Crippen LogP contribution is 2.33. The molecule has 0 radical (unpaired) electrons. The first kappa shape index (κ1) is 17.9. The van der Waals surface area contributed by atoms with E-state index in [1.54, 1.807) is 16.7 Å². The van der Waals surface area contributed by atoms with E-state index in [1.807, 2.05) is 0 Å². The van der Waals surface area contributed by atoms with E-state index in [-0.39, 0.29) is 31.5 Å². The molecular formula is C17H20FN5O4. The summed E-state index contributed by atoms with van der Waals surface area (Å²) in [5.74, 6) is 0.307. The SMILES string of the molecule is N=C1c2ncn([C@H]3C[C@H](O)[C@@H](CO)O3)c2NCN1OCc1cccc(F)c1. The van der Waals surface area contributed by atoms with Crippen LogP contribution in [0.4, 0.5) is 10.2 Å². The zero-order valence-electron chi connectivity index (χ0n) is 14.4. The number of nitrogens with one attached hydrogen (secondary N) is 2. The van der Waals surface area contributed by atoms with Crippen molar-refractivity contribution in [1.29, 1.82) is 5.41 Å². The van der Waals surface area contributed by atoms with Crippen LogP contribution in [0.1, 0.15) is 23.9 Å². The van der Waals surface area contributed by atoms with E-state index in [1.165, 1.54) is 23.5 Å². The number of hydrogen-bond acceptors (Lipinski definition) is 7. The van der Waals surface area contributed by atoms with Gasteiger partial charge in [0.05, 0.1) is 19.0 Å². The Balaban J connectivity index is 1.45. The third-order valence-corrected chi connectivity index (χ3v) is 4.63. The molecule has 2 aliphatic heterocycles. The van der Waals surface area contributed by atoms with Crippen molar-refractivity contribution in [3.05, 3.63) is 47.7 Å². The number of hydroxylamine groups is 2. The van der Waals surface area contributed by atoms with Gasteiger partial charge in [0.25, 0.3) is 0 Å². The molecule has 0 saturated carbocycles. The Bertz CT molecular complexity index is 844. The Kier molecular flexibility index (Phi) is 4.79. The molecule has 10 heteroatoms. The van der Waals surface area contributed by atoms with E-state index in [0.717, 1.165) is 0 Å². The second kappa shape index (κ2) is 7.24. The van der Waals surface area contributed by atoms with Gasteiger partial charge in [-0.15, -0.1) is 0 Å². The number of amidine groups is 1.